The molecule has 0 aliphatic heterocycles. The van der Waals surface area contributed by atoms with Crippen LogP contribution in [0.2, 0.25) is 0 Å². The summed E-state index contributed by atoms with van der Waals surface area (Å²) in [7, 11) is 1.79. The third-order valence-corrected chi connectivity index (χ3v) is 3.64. The Bertz CT molecular complexity index is 344. The summed E-state index contributed by atoms with van der Waals surface area (Å²) < 4.78 is 5.31. The number of hydrogen-bond donors (Lipinski definition) is 1. The van der Waals surface area contributed by atoms with Crippen molar-refractivity contribution in [2.75, 3.05) is 20.3 Å². The molecule has 0 radical (unpaired) electrons. The van der Waals surface area contributed by atoms with E-state index in [9.17, 15) is 0 Å². The number of ether oxygens (including phenoxy) is 1. The monoisotopic (exact) mass is 234 g/mol. The Kier molecular flexibility index (Phi) is 4.13. The van der Waals surface area contributed by atoms with Crippen LogP contribution in [0.3, 0.4) is 0 Å². The molecule has 0 unspecified atom stereocenters. The van der Waals surface area contributed by atoms with Crippen LogP contribution in [0.15, 0.2) is 18.3 Å². The summed E-state index contributed by atoms with van der Waals surface area (Å²) in [5.74, 6) is 0. The van der Waals surface area contributed by atoms with Gasteiger partial charge in [0.25, 0.3) is 0 Å². The van der Waals surface area contributed by atoms with Gasteiger partial charge in [-0.25, -0.2) is 0 Å². The number of aromatic nitrogens is 1. The van der Waals surface area contributed by atoms with E-state index in [1.54, 1.807) is 7.11 Å². The minimum Gasteiger partial charge on any atom is -0.384 e. The van der Waals surface area contributed by atoms with Crippen LogP contribution in [0, 0.1) is 12.3 Å². The average Bonchev–Trinajstić information content (AvgIpc) is 2.28. The van der Waals surface area contributed by atoms with E-state index in [-0.39, 0.29) is 0 Å². The first-order valence-corrected chi connectivity index (χ1v) is 6.35. The Morgan fingerprint density at radius 1 is 1.41 bits per heavy atom. The second-order valence-corrected chi connectivity index (χ2v) is 5.22. The molecule has 0 atom stereocenters. The van der Waals surface area contributed by atoms with Gasteiger partial charge in [0.2, 0.25) is 0 Å². The standard InChI is InChI=1S/C14H22N2O/c1-12-4-5-13(16-8-12)9-15-10-14(11-17-2)6-3-7-14/h4-5,8,15H,3,6-7,9-11H2,1-2H3. The summed E-state index contributed by atoms with van der Waals surface area (Å²) in [6, 6.07) is 4.20. The minimum atomic E-state index is 0.388. The molecule has 1 aliphatic rings. The fourth-order valence-electron chi connectivity index (χ4n) is 2.41. The molecule has 3 heteroatoms. The highest BCUT2D eigenvalue weighted by molar-refractivity contribution is 5.12. The van der Waals surface area contributed by atoms with Gasteiger partial charge in [-0.15, -0.1) is 0 Å². The molecule has 3 nitrogen and oxygen atoms in total. The van der Waals surface area contributed by atoms with Crippen molar-refractivity contribution in [3.63, 3.8) is 0 Å². The van der Waals surface area contributed by atoms with Crippen molar-refractivity contribution in [3.8, 4) is 0 Å². The fourth-order valence-corrected chi connectivity index (χ4v) is 2.41. The second kappa shape index (κ2) is 5.61. The van der Waals surface area contributed by atoms with E-state index in [2.05, 4.69) is 29.4 Å². The molecule has 1 aliphatic carbocycles. The maximum Gasteiger partial charge on any atom is 0.0541 e. The molecule has 1 N–H and O–H groups in total. The Labute approximate surface area is 104 Å². The lowest BCUT2D eigenvalue weighted by Gasteiger charge is -2.41. The molecule has 1 aromatic rings. The molecule has 1 aromatic heterocycles. The zero-order valence-corrected chi connectivity index (χ0v) is 10.8. The third kappa shape index (κ3) is 3.27. The summed E-state index contributed by atoms with van der Waals surface area (Å²) >= 11 is 0. The summed E-state index contributed by atoms with van der Waals surface area (Å²) in [5.41, 5.74) is 2.71. The van der Waals surface area contributed by atoms with Gasteiger partial charge in [0, 0.05) is 31.8 Å². The molecule has 1 saturated carbocycles. The van der Waals surface area contributed by atoms with E-state index in [0.717, 1.165) is 25.4 Å². The van der Waals surface area contributed by atoms with Gasteiger partial charge in [-0.1, -0.05) is 12.5 Å². The van der Waals surface area contributed by atoms with Gasteiger partial charge in [0.05, 0.1) is 12.3 Å². The number of methoxy groups -OCH3 is 1. The first-order chi connectivity index (χ1) is 8.24. The average molecular weight is 234 g/mol. The van der Waals surface area contributed by atoms with Gasteiger partial charge in [-0.05, 0) is 31.4 Å². The number of nitrogens with one attached hydrogen (secondary N) is 1. The van der Waals surface area contributed by atoms with Crippen molar-refractivity contribution in [1.29, 1.82) is 0 Å². The van der Waals surface area contributed by atoms with E-state index in [4.69, 9.17) is 4.74 Å². The predicted molar refractivity (Wildman–Crippen MR) is 68.8 cm³/mol. The molecule has 0 spiro atoms. The molecule has 2 rings (SSSR count). The van der Waals surface area contributed by atoms with Gasteiger partial charge < -0.3 is 10.1 Å². The van der Waals surface area contributed by atoms with E-state index in [1.807, 2.05) is 6.20 Å². The maximum absolute atomic E-state index is 5.31. The highest BCUT2D eigenvalue weighted by Gasteiger charge is 2.36. The Hall–Kier alpha value is -0.930. The SMILES string of the molecule is COCC1(CNCc2ccc(C)cn2)CCC1. The van der Waals surface area contributed by atoms with E-state index < -0.39 is 0 Å². The summed E-state index contributed by atoms with van der Waals surface area (Å²) in [5, 5.41) is 3.51. The molecule has 94 valence electrons. The first kappa shape index (κ1) is 12.5. The molecule has 0 saturated heterocycles. The van der Waals surface area contributed by atoms with E-state index in [1.165, 1.54) is 24.8 Å². The Balaban J connectivity index is 1.77. The van der Waals surface area contributed by atoms with Crippen molar-refractivity contribution in [1.82, 2.24) is 10.3 Å². The van der Waals surface area contributed by atoms with Gasteiger partial charge in [0.15, 0.2) is 0 Å². The van der Waals surface area contributed by atoms with Crippen molar-refractivity contribution >= 4 is 0 Å². The Morgan fingerprint density at radius 3 is 2.76 bits per heavy atom. The topological polar surface area (TPSA) is 34.1 Å². The minimum absolute atomic E-state index is 0.388. The summed E-state index contributed by atoms with van der Waals surface area (Å²) in [4.78, 5) is 4.39. The molecular formula is C14H22N2O. The summed E-state index contributed by atoms with van der Waals surface area (Å²) in [6.07, 6.45) is 5.84. The lowest BCUT2D eigenvalue weighted by molar-refractivity contribution is 0.0177. The molecule has 0 aromatic carbocycles. The van der Waals surface area contributed by atoms with Crippen molar-refractivity contribution in [2.24, 2.45) is 5.41 Å². The molecule has 17 heavy (non-hydrogen) atoms. The number of hydrogen-bond acceptors (Lipinski definition) is 3. The van der Waals surface area contributed by atoms with Gasteiger partial charge in [-0.3, -0.25) is 4.98 Å². The molecule has 0 bridgehead atoms. The van der Waals surface area contributed by atoms with Crippen molar-refractivity contribution in [2.45, 2.75) is 32.7 Å². The number of rotatable bonds is 6. The van der Waals surface area contributed by atoms with E-state index in [0.29, 0.717) is 5.41 Å². The number of nitrogens with zero attached hydrogens (tertiary/aromatic N) is 1. The van der Waals surface area contributed by atoms with Crippen LogP contribution in [0.25, 0.3) is 0 Å². The maximum atomic E-state index is 5.31. The van der Waals surface area contributed by atoms with Crippen LogP contribution in [-0.2, 0) is 11.3 Å². The predicted octanol–water partition coefficient (Wildman–Crippen LogP) is 2.30. The van der Waals surface area contributed by atoms with E-state index >= 15 is 0 Å². The lowest BCUT2D eigenvalue weighted by Crippen LogP contribution is -2.43. The normalized spacial score (nSPS) is 17.8. The van der Waals surface area contributed by atoms with Gasteiger partial charge in [-0.2, -0.15) is 0 Å². The third-order valence-electron chi connectivity index (χ3n) is 3.64. The van der Waals surface area contributed by atoms with Crippen molar-refractivity contribution < 1.29 is 4.74 Å². The van der Waals surface area contributed by atoms with Crippen LogP contribution < -0.4 is 5.32 Å². The highest BCUT2D eigenvalue weighted by Crippen LogP contribution is 2.40. The van der Waals surface area contributed by atoms with Gasteiger partial charge >= 0.3 is 0 Å². The quantitative estimate of drug-likeness (QED) is 0.820. The van der Waals surface area contributed by atoms with Crippen LogP contribution in [0.1, 0.15) is 30.5 Å². The largest absolute Gasteiger partial charge is 0.384 e. The molecule has 0 amide bonds. The highest BCUT2D eigenvalue weighted by atomic mass is 16.5. The van der Waals surface area contributed by atoms with Crippen LogP contribution in [-0.4, -0.2) is 25.2 Å². The Morgan fingerprint density at radius 2 is 2.24 bits per heavy atom. The zero-order chi connectivity index (χ0) is 12.1. The fraction of sp³-hybridized carbons (Fsp3) is 0.643. The first-order valence-electron chi connectivity index (χ1n) is 6.35. The smallest absolute Gasteiger partial charge is 0.0541 e. The zero-order valence-electron chi connectivity index (χ0n) is 10.8. The molecule has 1 heterocycles. The number of pyridine rings is 1. The molecule has 1 fully saturated rings. The second-order valence-electron chi connectivity index (χ2n) is 5.22. The van der Waals surface area contributed by atoms with Crippen molar-refractivity contribution in [3.05, 3.63) is 29.6 Å². The van der Waals surface area contributed by atoms with Crippen LogP contribution in [0.4, 0.5) is 0 Å². The lowest BCUT2D eigenvalue weighted by atomic mass is 9.69. The molecular weight excluding hydrogens is 212 g/mol. The van der Waals surface area contributed by atoms with Crippen LogP contribution in [0.5, 0.6) is 0 Å². The van der Waals surface area contributed by atoms with Gasteiger partial charge in [0.1, 0.15) is 0 Å². The number of aryl methyl sites for hydroxylation is 1. The summed E-state index contributed by atoms with van der Waals surface area (Å²) in [6.45, 7) is 4.83. The van der Waals surface area contributed by atoms with Crippen LogP contribution >= 0.6 is 0 Å².